The molecule has 0 bridgehead atoms. The van der Waals surface area contributed by atoms with E-state index >= 15 is 0 Å². The second-order valence-electron chi connectivity index (χ2n) is 7.79. The molecule has 0 saturated carbocycles. The number of carbonyl (C=O) groups excluding carboxylic acids is 1. The van der Waals surface area contributed by atoms with Gasteiger partial charge in [-0.15, -0.1) is 0 Å². The standard InChI is InChI=1S/C27H28ClN3O5S/c1-4-15-36-25-14-12-21(16-26(25)35-5-2)18-29-30-27(32)19-31(24-17-22(28)13-11-20(24)3)37(33,34)23-9-7-6-8-10-23/h4,6-14,16-18H,1,5,15,19H2,2-3H3,(H,30,32)/b29-18-. The highest BCUT2D eigenvalue weighted by Gasteiger charge is 2.28. The van der Waals surface area contributed by atoms with Crippen LogP contribution in [0.25, 0.3) is 0 Å². The average molecular weight is 542 g/mol. The molecule has 0 radical (unpaired) electrons. The van der Waals surface area contributed by atoms with Gasteiger partial charge in [0.1, 0.15) is 13.2 Å². The normalized spacial score (nSPS) is 11.2. The van der Waals surface area contributed by atoms with Crippen LogP contribution in [0.5, 0.6) is 11.5 Å². The number of amides is 1. The Labute approximate surface area is 222 Å². The Balaban J connectivity index is 1.81. The molecule has 37 heavy (non-hydrogen) atoms. The van der Waals surface area contributed by atoms with Crippen LogP contribution in [-0.2, 0) is 14.8 Å². The van der Waals surface area contributed by atoms with Gasteiger partial charge in [0.15, 0.2) is 11.5 Å². The van der Waals surface area contributed by atoms with Crippen LogP contribution in [-0.4, -0.2) is 40.3 Å². The molecule has 194 valence electrons. The summed E-state index contributed by atoms with van der Waals surface area (Å²) in [6.07, 6.45) is 3.06. The molecule has 0 unspecified atom stereocenters. The maximum absolute atomic E-state index is 13.5. The van der Waals surface area contributed by atoms with Crippen LogP contribution in [0.1, 0.15) is 18.1 Å². The summed E-state index contributed by atoms with van der Waals surface area (Å²) in [4.78, 5) is 12.9. The number of aryl methyl sites for hydroxylation is 1. The van der Waals surface area contributed by atoms with Crippen LogP contribution in [0, 0.1) is 6.92 Å². The van der Waals surface area contributed by atoms with Crippen LogP contribution < -0.4 is 19.2 Å². The van der Waals surface area contributed by atoms with Crippen molar-refractivity contribution in [3.05, 3.63) is 95.5 Å². The number of nitrogens with zero attached hydrogens (tertiary/aromatic N) is 2. The van der Waals surface area contributed by atoms with Gasteiger partial charge in [0.25, 0.3) is 15.9 Å². The number of anilines is 1. The summed E-state index contributed by atoms with van der Waals surface area (Å²) < 4.78 is 39.1. The zero-order chi connectivity index (χ0) is 26.8. The van der Waals surface area contributed by atoms with E-state index in [0.29, 0.717) is 46.5 Å². The van der Waals surface area contributed by atoms with Crippen molar-refractivity contribution in [2.45, 2.75) is 18.7 Å². The van der Waals surface area contributed by atoms with Gasteiger partial charge in [-0.3, -0.25) is 9.10 Å². The molecule has 10 heteroatoms. The second kappa shape index (κ2) is 12.9. The SMILES string of the molecule is C=CCOc1ccc(/C=N\NC(=O)CN(c2cc(Cl)ccc2C)S(=O)(=O)c2ccccc2)cc1OCC. The number of nitrogens with one attached hydrogen (secondary N) is 1. The third-order valence-electron chi connectivity index (χ3n) is 5.09. The first-order valence-corrected chi connectivity index (χ1v) is 13.2. The fourth-order valence-corrected chi connectivity index (χ4v) is 5.02. The molecule has 0 aliphatic heterocycles. The van der Waals surface area contributed by atoms with Gasteiger partial charge < -0.3 is 9.47 Å². The predicted molar refractivity (Wildman–Crippen MR) is 146 cm³/mol. The Morgan fingerprint density at radius 1 is 1.08 bits per heavy atom. The summed E-state index contributed by atoms with van der Waals surface area (Å²) >= 11 is 6.15. The largest absolute Gasteiger partial charge is 0.490 e. The number of benzene rings is 3. The fraction of sp³-hybridized carbons (Fsp3) is 0.185. The van der Waals surface area contributed by atoms with E-state index in [-0.39, 0.29) is 4.90 Å². The zero-order valence-electron chi connectivity index (χ0n) is 20.6. The smallest absolute Gasteiger partial charge is 0.264 e. The van der Waals surface area contributed by atoms with E-state index < -0.39 is 22.5 Å². The van der Waals surface area contributed by atoms with Crippen LogP contribution in [0.15, 0.2) is 89.4 Å². The maximum Gasteiger partial charge on any atom is 0.264 e. The molecule has 0 aromatic heterocycles. The molecule has 0 atom stereocenters. The molecule has 3 aromatic rings. The van der Waals surface area contributed by atoms with Gasteiger partial charge in [-0.05, 0) is 67.4 Å². The van der Waals surface area contributed by atoms with Crippen molar-refractivity contribution >= 4 is 39.4 Å². The van der Waals surface area contributed by atoms with Crippen molar-refractivity contribution in [2.75, 3.05) is 24.1 Å². The number of hydrazone groups is 1. The number of hydrogen-bond acceptors (Lipinski definition) is 6. The molecule has 0 heterocycles. The fourth-order valence-electron chi connectivity index (χ4n) is 3.36. The molecule has 0 spiro atoms. The number of halogens is 1. The van der Waals surface area contributed by atoms with Crippen molar-refractivity contribution in [1.29, 1.82) is 0 Å². The molecule has 3 aromatic carbocycles. The quantitative estimate of drug-likeness (QED) is 0.199. The van der Waals surface area contributed by atoms with E-state index in [4.69, 9.17) is 21.1 Å². The van der Waals surface area contributed by atoms with E-state index in [2.05, 4.69) is 17.1 Å². The molecule has 8 nitrogen and oxygen atoms in total. The number of rotatable bonds is 12. The van der Waals surface area contributed by atoms with Crippen molar-refractivity contribution in [3.63, 3.8) is 0 Å². The zero-order valence-corrected chi connectivity index (χ0v) is 22.1. The van der Waals surface area contributed by atoms with Crippen LogP contribution in [0.3, 0.4) is 0 Å². The Morgan fingerprint density at radius 3 is 2.54 bits per heavy atom. The monoisotopic (exact) mass is 541 g/mol. The predicted octanol–water partition coefficient (Wildman–Crippen LogP) is 4.96. The summed E-state index contributed by atoms with van der Waals surface area (Å²) in [5.41, 5.74) is 3.98. The maximum atomic E-state index is 13.5. The van der Waals surface area contributed by atoms with Crippen LogP contribution >= 0.6 is 11.6 Å². The third kappa shape index (κ3) is 7.34. The molecule has 3 rings (SSSR count). The number of carbonyl (C=O) groups is 1. The number of sulfonamides is 1. The minimum Gasteiger partial charge on any atom is -0.490 e. The highest BCUT2D eigenvalue weighted by Crippen LogP contribution is 2.30. The molecule has 0 saturated heterocycles. The lowest BCUT2D eigenvalue weighted by molar-refractivity contribution is -0.119. The van der Waals surface area contributed by atoms with E-state index in [1.807, 2.05) is 6.92 Å². The van der Waals surface area contributed by atoms with E-state index in [0.717, 1.165) is 4.31 Å². The lowest BCUT2D eigenvalue weighted by Gasteiger charge is -2.25. The highest BCUT2D eigenvalue weighted by molar-refractivity contribution is 7.92. The Hall–Kier alpha value is -3.82. The van der Waals surface area contributed by atoms with Gasteiger partial charge in [-0.2, -0.15) is 5.10 Å². The number of hydrogen-bond donors (Lipinski definition) is 1. The molecule has 0 aliphatic carbocycles. The van der Waals surface area contributed by atoms with E-state index in [1.54, 1.807) is 61.5 Å². The van der Waals surface area contributed by atoms with Crippen molar-refractivity contribution in [3.8, 4) is 11.5 Å². The van der Waals surface area contributed by atoms with Crippen molar-refractivity contribution in [1.82, 2.24) is 5.43 Å². The minimum absolute atomic E-state index is 0.0490. The van der Waals surface area contributed by atoms with Gasteiger partial charge in [0.2, 0.25) is 0 Å². The topological polar surface area (TPSA) is 97.3 Å². The lowest BCUT2D eigenvalue weighted by Crippen LogP contribution is -2.40. The minimum atomic E-state index is -4.07. The van der Waals surface area contributed by atoms with Gasteiger partial charge in [-0.1, -0.05) is 48.5 Å². The molecule has 1 N–H and O–H groups in total. The number of ether oxygens (including phenoxy) is 2. The van der Waals surface area contributed by atoms with Crippen molar-refractivity contribution < 1.29 is 22.7 Å². The average Bonchev–Trinajstić information content (AvgIpc) is 2.89. The van der Waals surface area contributed by atoms with Crippen LogP contribution in [0.2, 0.25) is 5.02 Å². The Bertz CT molecular complexity index is 1380. The highest BCUT2D eigenvalue weighted by atomic mass is 35.5. The van der Waals surface area contributed by atoms with E-state index in [1.165, 1.54) is 24.4 Å². The molecular formula is C27H28ClN3O5S. The third-order valence-corrected chi connectivity index (χ3v) is 7.09. The molecule has 0 aliphatic rings. The first-order valence-electron chi connectivity index (χ1n) is 11.4. The summed E-state index contributed by atoms with van der Waals surface area (Å²) in [6.45, 7) is 7.50. The summed E-state index contributed by atoms with van der Waals surface area (Å²) in [6, 6.07) is 17.9. The summed E-state index contributed by atoms with van der Waals surface area (Å²) in [5.74, 6) is 0.448. The van der Waals surface area contributed by atoms with Gasteiger partial charge in [0.05, 0.1) is 23.4 Å². The molecular weight excluding hydrogens is 514 g/mol. The summed E-state index contributed by atoms with van der Waals surface area (Å²) in [5, 5.41) is 4.34. The van der Waals surface area contributed by atoms with Crippen molar-refractivity contribution in [2.24, 2.45) is 5.10 Å². The Morgan fingerprint density at radius 2 is 1.84 bits per heavy atom. The Kier molecular flexibility index (Phi) is 9.71. The molecule has 1 amide bonds. The van der Waals surface area contributed by atoms with Crippen LogP contribution in [0.4, 0.5) is 5.69 Å². The van der Waals surface area contributed by atoms with Gasteiger partial charge in [-0.25, -0.2) is 13.8 Å². The molecule has 0 fully saturated rings. The van der Waals surface area contributed by atoms with E-state index in [9.17, 15) is 13.2 Å². The first kappa shape index (κ1) is 27.8. The summed E-state index contributed by atoms with van der Waals surface area (Å²) in [7, 11) is -4.07. The lowest BCUT2D eigenvalue weighted by atomic mass is 10.2. The van der Waals surface area contributed by atoms with Gasteiger partial charge >= 0.3 is 0 Å². The van der Waals surface area contributed by atoms with Gasteiger partial charge in [0, 0.05) is 5.02 Å². The first-order chi connectivity index (χ1) is 17.8. The second-order valence-corrected chi connectivity index (χ2v) is 10.1.